The molecule has 1 nitrogen and oxygen atoms in total. The molecule has 0 aliphatic rings. The number of nitrogens with zero attached hydrogens (tertiary/aromatic N) is 1. The van der Waals surface area contributed by atoms with E-state index >= 15 is 0 Å². The first-order valence-corrected chi connectivity index (χ1v) is 8.31. The molecule has 108 valence electrons. The largest absolute Gasteiger partial charge is 0.298 e. The SMILES string of the molecule is C=NC(CCCCCCC)CCCCCCCC. The molecule has 0 aromatic rings. The van der Waals surface area contributed by atoms with E-state index in [1.54, 1.807) is 0 Å². The summed E-state index contributed by atoms with van der Waals surface area (Å²) in [6, 6.07) is 0.540. The second kappa shape index (κ2) is 14.7. The molecule has 1 unspecified atom stereocenters. The van der Waals surface area contributed by atoms with Crippen molar-refractivity contribution in [3.05, 3.63) is 0 Å². The standard InChI is InChI=1S/C17H35N/c1-4-6-8-10-12-14-16-17(18-3)15-13-11-9-7-5-2/h17H,3-16H2,1-2H3. The maximum absolute atomic E-state index is 4.29. The number of aliphatic imine (C=N–C) groups is 1. The van der Waals surface area contributed by atoms with Gasteiger partial charge in [0.1, 0.15) is 0 Å². The molecule has 0 bridgehead atoms. The molecule has 0 heterocycles. The molecule has 0 aromatic carbocycles. The van der Waals surface area contributed by atoms with Crippen LogP contribution in [0.15, 0.2) is 4.99 Å². The van der Waals surface area contributed by atoms with Crippen LogP contribution < -0.4 is 0 Å². The third kappa shape index (κ3) is 12.1. The Kier molecular flexibility index (Phi) is 14.5. The van der Waals surface area contributed by atoms with Crippen molar-refractivity contribution < 1.29 is 0 Å². The third-order valence-electron chi connectivity index (χ3n) is 3.79. The predicted molar refractivity (Wildman–Crippen MR) is 84.7 cm³/mol. The van der Waals surface area contributed by atoms with Gasteiger partial charge >= 0.3 is 0 Å². The molecule has 0 N–H and O–H groups in total. The Bertz CT molecular complexity index is 165. The highest BCUT2D eigenvalue weighted by Gasteiger charge is 2.04. The molecule has 0 fully saturated rings. The molecule has 0 rings (SSSR count). The monoisotopic (exact) mass is 253 g/mol. The van der Waals surface area contributed by atoms with Gasteiger partial charge in [-0.05, 0) is 19.6 Å². The Morgan fingerprint density at radius 2 is 1.06 bits per heavy atom. The molecular formula is C17H35N. The topological polar surface area (TPSA) is 12.4 Å². The Balaban J connectivity index is 3.32. The van der Waals surface area contributed by atoms with Crippen LogP contribution in [0.5, 0.6) is 0 Å². The van der Waals surface area contributed by atoms with Crippen LogP contribution in [0.2, 0.25) is 0 Å². The Labute approximate surface area is 115 Å². The molecular weight excluding hydrogens is 218 g/mol. The van der Waals surface area contributed by atoms with Gasteiger partial charge in [-0.2, -0.15) is 0 Å². The van der Waals surface area contributed by atoms with Crippen molar-refractivity contribution in [3.63, 3.8) is 0 Å². The summed E-state index contributed by atoms with van der Waals surface area (Å²) in [4.78, 5) is 4.29. The van der Waals surface area contributed by atoms with E-state index in [0.29, 0.717) is 6.04 Å². The highest BCUT2D eigenvalue weighted by Crippen LogP contribution is 2.15. The van der Waals surface area contributed by atoms with Crippen molar-refractivity contribution >= 4 is 6.72 Å². The normalized spacial score (nSPS) is 12.6. The second-order valence-electron chi connectivity index (χ2n) is 5.60. The van der Waals surface area contributed by atoms with Crippen molar-refractivity contribution in [3.8, 4) is 0 Å². The van der Waals surface area contributed by atoms with E-state index in [9.17, 15) is 0 Å². The summed E-state index contributed by atoms with van der Waals surface area (Å²) < 4.78 is 0. The van der Waals surface area contributed by atoms with Gasteiger partial charge in [-0.15, -0.1) is 0 Å². The number of rotatable bonds is 14. The van der Waals surface area contributed by atoms with Gasteiger partial charge in [0, 0.05) is 6.04 Å². The van der Waals surface area contributed by atoms with Gasteiger partial charge in [0.15, 0.2) is 0 Å². The van der Waals surface area contributed by atoms with Gasteiger partial charge in [-0.3, -0.25) is 4.99 Å². The van der Waals surface area contributed by atoms with Crippen molar-refractivity contribution in [1.82, 2.24) is 0 Å². The first-order chi connectivity index (χ1) is 8.85. The van der Waals surface area contributed by atoms with Crippen LogP contribution in [0.25, 0.3) is 0 Å². The Hall–Kier alpha value is -0.330. The molecule has 0 spiro atoms. The first-order valence-electron chi connectivity index (χ1n) is 8.31. The van der Waals surface area contributed by atoms with E-state index in [-0.39, 0.29) is 0 Å². The van der Waals surface area contributed by atoms with E-state index in [1.165, 1.54) is 83.5 Å². The zero-order chi connectivity index (χ0) is 13.5. The summed E-state index contributed by atoms with van der Waals surface area (Å²) in [5.74, 6) is 0. The molecule has 0 aliphatic carbocycles. The van der Waals surface area contributed by atoms with E-state index < -0.39 is 0 Å². The zero-order valence-corrected chi connectivity index (χ0v) is 12.9. The van der Waals surface area contributed by atoms with Crippen molar-refractivity contribution in [2.75, 3.05) is 0 Å². The molecule has 1 atom stereocenters. The number of unbranched alkanes of at least 4 members (excludes halogenated alkanes) is 9. The Morgan fingerprint density at radius 3 is 1.44 bits per heavy atom. The second-order valence-corrected chi connectivity index (χ2v) is 5.60. The minimum absolute atomic E-state index is 0.540. The molecule has 0 aromatic heterocycles. The van der Waals surface area contributed by atoms with Gasteiger partial charge < -0.3 is 0 Å². The zero-order valence-electron chi connectivity index (χ0n) is 12.9. The van der Waals surface area contributed by atoms with Crippen molar-refractivity contribution in [2.24, 2.45) is 4.99 Å². The van der Waals surface area contributed by atoms with E-state index in [1.807, 2.05) is 0 Å². The number of hydrogen-bond acceptors (Lipinski definition) is 1. The van der Waals surface area contributed by atoms with Gasteiger partial charge in [-0.1, -0.05) is 84.5 Å². The fourth-order valence-electron chi connectivity index (χ4n) is 2.47. The van der Waals surface area contributed by atoms with Crippen LogP contribution in [0, 0.1) is 0 Å². The summed E-state index contributed by atoms with van der Waals surface area (Å²) in [7, 11) is 0. The molecule has 0 radical (unpaired) electrons. The van der Waals surface area contributed by atoms with Crippen molar-refractivity contribution in [1.29, 1.82) is 0 Å². The lowest BCUT2D eigenvalue weighted by atomic mass is 10.0. The number of hydrogen-bond donors (Lipinski definition) is 0. The summed E-state index contributed by atoms with van der Waals surface area (Å²) >= 11 is 0. The van der Waals surface area contributed by atoms with Crippen molar-refractivity contribution in [2.45, 2.75) is 103 Å². The van der Waals surface area contributed by atoms with Gasteiger partial charge in [0.2, 0.25) is 0 Å². The van der Waals surface area contributed by atoms with Crippen LogP contribution in [-0.2, 0) is 0 Å². The van der Waals surface area contributed by atoms with Crippen LogP contribution >= 0.6 is 0 Å². The van der Waals surface area contributed by atoms with E-state index in [0.717, 1.165) is 0 Å². The lowest BCUT2D eigenvalue weighted by Gasteiger charge is -2.11. The molecule has 0 saturated heterocycles. The summed E-state index contributed by atoms with van der Waals surface area (Å²) in [5, 5.41) is 0. The summed E-state index contributed by atoms with van der Waals surface area (Å²) in [5.41, 5.74) is 0. The van der Waals surface area contributed by atoms with E-state index in [4.69, 9.17) is 0 Å². The third-order valence-corrected chi connectivity index (χ3v) is 3.79. The van der Waals surface area contributed by atoms with Gasteiger partial charge in [0.05, 0.1) is 0 Å². The maximum Gasteiger partial charge on any atom is 0.0492 e. The van der Waals surface area contributed by atoms with Crippen LogP contribution in [-0.4, -0.2) is 12.8 Å². The highest BCUT2D eigenvalue weighted by molar-refractivity contribution is 5.24. The quantitative estimate of drug-likeness (QED) is 0.259. The lowest BCUT2D eigenvalue weighted by molar-refractivity contribution is 0.489. The average molecular weight is 253 g/mol. The lowest BCUT2D eigenvalue weighted by Crippen LogP contribution is -2.03. The average Bonchev–Trinajstić information content (AvgIpc) is 2.40. The van der Waals surface area contributed by atoms with E-state index in [2.05, 4.69) is 25.6 Å². The molecule has 18 heavy (non-hydrogen) atoms. The Morgan fingerprint density at radius 1 is 0.667 bits per heavy atom. The maximum atomic E-state index is 4.29. The molecule has 0 amide bonds. The van der Waals surface area contributed by atoms with Crippen LogP contribution in [0.3, 0.4) is 0 Å². The summed E-state index contributed by atoms with van der Waals surface area (Å²) in [6.07, 6.45) is 17.7. The fraction of sp³-hybridized carbons (Fsp3) is 0.941. The smallest absolute Gasteiger partial charge is 0.0492 e. The highest BCUT2D eigenvalue weighted by atomic mass is 14.7. The van der Waals surface area contributed by atoms with Crippen LogP contribution in [0.1, 0.15) is 97.3 Å². The van der Waals surface area contributed by atoms with Gasteiger partial charge in [0.25, 0.3) is 0 Å². The molecule has 1 heteroatoms. The fourth-order valence-corrected chi connectivity index (χ4v) is 2.47. The van der Waals surface area contributed by atoms with Crippen LogP contribution in [0.4, 0.5) is 0 Å². The summed E-state index contributed by atoms with van der Waals surface area (Å²) in [6.45, 7) is 8.30. The molecule has 0 saturated carbocycles. The predicted octanol–water partition coefficient (Wildman–Crippen LogP) is 6.17. The minimum Gasteiger partial charge on any atom is -0.298 e. The minimum atomic E-state index is 0.540. The van der Waals surface area contributed by atoms with Gasteiger partial charge in [-0.25, -0.2) is 0 Å². The first kappa shape index (κ1) is 17.7. The molecule has 0 aliphatic heterocycles.